The van der Waals surface area contributed by atoms with E-state index in [1.165, 1.54) is 53.6 Å². The second-order valence-corrected chi connectivity index (χ2v) is 6.31. The lowest BCUT2D eigenvalue weighted by molar-refractivity contribution is 1.33. The van der Waals surface area contributed by atoms with Crippen LogP contribution in [0.1, 0.15) is 23.6 Å². The molecule has 0 atom stereocenters. The van der Waals surface area contributed by atoms with E-state index < -0.39 is 0 Å². The van der Waals surface area contributed by atoms with Crippen LogP contribution >= 0.6 is 0 Å². The van der Waals surface area contributed by atoms with Gasteiger partial charge in [0, 0.05) is 0 Å². The minimum absolute atomic E-state index is 1.35. The maximum atomic E-state index is 2.37. The van der Waals surface area contributed by atoms with Crippen LogP contribution in [0.25, 0.3) is 11.6 Å². The molecule has 0 bridgehead atoms. The van der Waals surface area contributed by atoms with Crippen molar-refractivity contribution in [2.24, 2.45) is 0 Å². The Kier molecular flexibility index (Phi) is 2.17. The van der Waals surface area contributed by atoms with E-state index in [4.69, 9.17) is 0 Å². The Bertz CT molecular complexity index is 1280. The maximum absolute atomic E-state index is 2.37. The van der Waals surface area contributed by atoms with E-state index >= 15 is 0 Å². The summed E-state index contributed by atoms with van der Waals surface area (Å²) in [6.45, 7) is 4.50. The molecule has 0 heterocycles. The van der Waals surface area contributed by atoms with Crippen LogP contribution in [0.3, 0.4) is 0 Å². The second kappa shape index (κ2) is 3.98. The van der Waals surface area contributed by atoms with Crippen LogP contribution in [-0.2, 0) is 0 Å². The van der Waals surface area contributed by atoms with Crippen LogP contribution in [0.2, 0.25) is 0 Å². The number of hydrogen-bond donors (Lipinski definition) is 0. The predicted octanol–water partition coefficient (Wildman–Crippen LogP) is 3.24. The summed E-state index contributed by atoms with van der Waals surface area (Å²) in [4.78, 5) is 0. The number of aryl methyl sites for hydroxylation is 1. The zero-order valence-electron chi connectivity index (χ0n) is 12.8. The molecule has 0 heteroatoms. The van der Waals surface area contributed by atoms with Crippen LogP contribution in [0.4, 0.5) is 0 Å². The van der Waals surface area contributed by atoms with Crippen molar-refractivity contribution in [2.45, 2.75) is 13.8 Å². The summed E-state index contributed by atoms with van der Waals surface area (Å²) in [5.74, 6) is 0. The van der Waals surface area contributed by atoms with Crippen molar-refractivity contribution in [1.29, 1.82) is 0 Å². The monoisotopic (exact) mass is 280 g/mol. The van der Waals surface area contributed by atoms with Crippen molar-refractivity contribution < 1.29 is 0 Å². The minimum atomic E-state index is 1.35. The highest BCUT2D eigenvalue weighted by atomic mass is 14.2. The van der Waals surface area contributed by atoms with Crippen molar-refractivity contribution in [3.05, 3.63) is 103 Å². The van der Waals surface area contributed by atoms with Gasteiger partial charge >= 0.3 is 0 Å². The van der Waals surface area contributed by atoms with Crippen molar-refractivity contribution in [2.75, 3.05) is 0 Å². The molecule has 0 aromatic heterocycles. The van der Waals surface area contributed by atoms with Gasteiger partial charge in [-0.2, -0.15) is 0 Å². The van der Waals surface area contributed by atoms with Crippen molar-refractivity contribution in [3.63, 3.8) is 0 Å². The molecule has 22 heavy (non-hydrogen) atoms. The Morgan fingerprint density at radius 1 is 0.682 bits per heavy atom. The molecule has 0 radical (unpaired) electrons. The van der Waals surface area contributed by atoms with Crippen LogP contribution < -0.4 is 10.4 Å². The topological polar surface area (TPSA) is 0 Å². The van der Waals surface area contributed by atoms with E-state index in [1.807, 2.05) is 0 Å². The summed E-state index contributed by atoms with van der Waals surface area (Å²) in [5, 5.41) is 8.30. The number of fused-ring (bicyclic) bond motifs is 5. The largest absolute Gasteiger partial charge is 0.0616 e. The zero-order valence-corrected chi connectivity index (χ0v) is 12.8. The first-order valence-corrected chi connectivity index (χ1v) is 7.81. The van der Waals surface area contributed by atoms with Gasteiger partial charge in [0.1, 0.15) is 0 Å². The number of hydrogen-bond acceptors (Lipinski definition) is 0. The fourth-order valence-electron chi connectivity index (χ4n) is 4.15. The van der Waals surface area contributed by atoms with Crippen LogP contribution in [0, 0.1) is 27.8 Å². The quantitative estimate of drug-likeness (QED) is 0.464. The average Bonchev–Trinajstić information content (AvgIpc) is 3.05. The molecule has 0 N–H and O–H groups in total. The van der Waals surface area contributed by atoms with Crippen molar-refractivity contribution >= 4 is 11.6 Å². The lowest BCUT2D eigenvalue weighted by Crippen LogP contribution is -2.02. The molecule has 5 rings (SSSR count). The summed E-state index contributed by atoms with van der Waals surface area (Å²) >= 11 is 0. The molecule has 0 amide bonds. The molecule has 0 nitrogen and oxygen atoms in total. The highest BCUT2D eigenvalue weighted by Crippen LogP contribution is 2.28. The predicted molar refractivity (Wildman–Crippen MR) is 90.4 cm³/mol. The number of benzene rings is 3. The Hall–Kier alpha value is -2.60. The third-order valence-corrected chi connectivity index (χ3v) is 5.09. The second-order valence-electron chi connectivity index (χ2n) is 6.31. The van der Waals surface area contributed by atoms with E-state index in [1.54, 1.807) is 0 Å². The fraction of sp³-hybridized carbons (Fsp3) is 0.0909. The molecule has 2 aliphatic rings. The van der Waals surface area contributed by atoms with E-state index in [2.05, 4.69) is 74.5 Å². The minimum Gasteiger partial charge on any atom is -0.0616 e. The molecular weight excluding hydrogens is 264 g/mol. The highest BCUT2D eigenvalue weighted by molar-refractivity contribution is 5.78. The summed E-state index contributed by atoms with van der Waals surface area (Å²) < 4.78 is 0. The Balaban J connectivity index is 2.16. The van der Waals surface area contributed by atoms with Gasteiger partial charge in [-0.15, -0.1) is 0 Å². The SMILES string of the molecule is CC1=c2ccccc2=c2cc(C)c3c(c21)C=c1ccccc1=3. The molecule has 104 valence electrons. The highest BCUT2D eigenvalue weighted by Gasteiger charge is 2.17. The molecule has 0 saturated heterocycles. The smallest absolute Gasteiger partial charge is 0.00631 e. The van der Waals surface area contributed by atoms with Crippen molar-refractivity contribution in [1.82, 2.24) is 0 Å². The van der Waals surface area contributed by atoms with Gasteiger partial charge in [0.2, 0.25) is 0 Å². The summed E-state index contributed by atoms with van der Waals surface area (Å²) in [6.07, 6.45) is 2.37. The molecule has 0 spiro atoms. The summed E-state index contributed by atoms with van der Waals surface area (Å²) in [6, 6.07) is 19.9. The van der Waals surface area contributed by atoms with Gasteiger partial charge in [-0.1, -0.05) is 54.6 Å². The lowest BCUT2D eigenvalue weighted by atomic mass is 9.97. The Morgan fingerprint density at radius 2 is 1.36 bits per heavy atom. The molecule has 2 aliphatic carbocycles. The lowest BCUT2D eigenvalue weighted by Gasteiger charge is -2.06. The van der Waals surface area contributed by atoms with Gasteiger partial charge in [0.05, 0.1) is 0 Å². The summed E-state index contributed by atoms with van der Waals surface area (Å²) in [7, 11) is 0. The van der Waals surface area contributed by atoms with Gasteiger partial charge < -0.3 is 0 Å². The summed E-state index contributed by atoms with van der Waals surface area (Å²) in [5.41, 5.74) is 5.62. The third kappa shape index (κ3) is 1.33. The van der Waals surface area contributed by atoms with E-state index in [0.717, 1.165) is 0 Å². The van der Waals surface area contributed by atoms with Gasteiger partial charge in [-0.3, -0.25) is 0 Å². The van der Waals surface area contributed by atoms with Gasteiger partial charge in [-0.25, -0.2) is 0 Å². The van der Waals surface area contributed by atoms with Gasteiger partial charge in [-0.05, 0) is 73.5 Å². The first kappa shape index (κ1) is 12.0. The molecule has 3 aromatic carbocycles. The molecule has 0 saturated carbocycles. The normalized spacial score (nSPS) is 13.3. The first-order chi connectivity index (χ1) is 10.8. The zero-order chi connectivity index (χ0) is 14.8. The van der Waals surface area contributed by atoms with Crippen LogP contribution in [0.5, 0.6) is 0 Å². The van der Waals surface area contributed by atoms with Gasteiger partial charge in [0.25, 0.3) is 0 Å². The third-order valence-electron chi connectivity index (χ3n) is 5.09. The van der Waals surface area contributed by atoms with Crippen molar-refractivity contribution in [3.8, 4) is 0 Å². The molecular formula is C22H16. The van der Waals surface area contributed by atoms with Crippen LogP contribution in [0.15, 0.2) is 54.6 Å². The van der Waals surface area contributed by atoms with Crippen LogP contribution in [-0.4, -0.2) is 0 Å². The Morgan fingerprint density at radius 3 is 2.18 bits per heavy atom. The van der Waals surface area contributed by atoms with E-state index in [-0.39, 0.29) is 0 Å². The Labute approximate surface area is 128 Å². The molecule has 0 unspecified atom stereocenters. The molecule has 0 aliphatic heterocycles. The molecule has 0 fully saturated rings. The fourth-order valence-corrected chi connectivity index (χ4v) is 4.15. The van der Waals surface area contributed by atoms with E-state index in [0.29, 0.717) is 0 Å². The number of rotatable bonds is 0. The standard InChI is InChI=1S/C22H16/c1-13-11-19-18-10-6-5-8-16(18)14(2)22(19)20-12-15-7-3-4-9-17(15)21(13)20/h3-12H,1-2H3. The van der Waals surface area contributed by atoms with Gasteiger partial charge in [0.15, 0.2) is 0 Å². The first-order valence-electron chi connectivity index (χ1n) is 7.81. The maximum Gasteiger partial charge on any atom is -0.00631 e. The molecule has 3 aromatic rings. The average molecular weight is 280 g/mol. The van der Waals surface area contributed by atoms with E-state index in [9.17, 15) is 0 Å².